The molecule has 0 atom stereocenters. The third-order valence-electron chi connectivity index (χ3n) is 2.85. The minimum atomic E-state index is -3.74. The number of hydrogen-bond donors (Lipinski definition) is 1. The van der Waals surface area contributed by atoms with E-state index in [0.717, 1.165) is 5.69 Å². The summed E-state index contributed by atoms with van der Waals surface area (Å²) >= 11 is 0. The van der Waals surface area contributed by atoms with Crippen LogP contribution in [0.15, 0.2) is 59.5 Å². The van der Waals surface area contributed by atoms with E-state index >= 15 is 0 Å². The second-order valence-electron chi connectivity index (χ2n) is 4.09. The summed E-state index contributed by atoms with van der Waals surface area (Å²) in [6, 6.07) is 16.4. The van der Waals surface area contributed by atoms with Crippen molar-refractivity contribution in [3.05, 3.63) is 54.6 Å². The van der Waals surface area contributed by atoms with Gasteiger partial charge in [0, 0.05) is 12.2 Å². The van der Waals surface area contributed by atoms with Crippen molar-refractivity contribution in [2.45, 2.75) is 11.8 Å². The van der Waals surface area contributed by atoms with Gasteiger partial charge in [0.05, 0.1) is 5.69 Å². The van der Waals surface area contributed by atoms with Gasteiger partial charge in [-0.05, 0) is 31.2 Å². The number of anilines is 2. The molecule has 0 saturated heterocycles. The zero-order valence-electron chi connectivity index (χ0n) is 10.7. The molecule has 0 aliphatic heterocycles. The maximum atomic E-state index is 11.7. The van der Waals surface area contributed by atoms with Crippen LogP contribution in [-0.2, 0) is 10.0 Å². The number of primary sulfonamides is 1. The maximum Gasteiger partial charge on any atom is 0.240 e. The quantitative estimate of drug-likeness (QED) is 0.933. The van der Waals surface area contributed by atoms with Crippen molar-refractivity contribution in [1.29, 1.82) is 0 Å². The molecule has 0 fully saturated rings. The van der Waals surface area contributed by atoms with Gasteiger partial charge in [-0.2, -0.15) is 0 Å². The number of sulfonamides is 1. The van der Waals surface area contributed by atoms with Crippen LogP contribution in [0.4, 0.5) is 11.4 Å². The fourth-order valence-corrected chi connectivity index (χ4v) is 2.76. The Balaban J connectivity index is 2.57. The van der Waals surface area contributed by atoms with Crippen molar-refractivity contribution in [2.75, 3.05) is 11.4 Å². The normalized spacial score (nSPS) is 11.3. The Labute approximate surface area is 113 Å². The number of hydrogen-bond acceptors (Lipinski definition) is 3. The lowest BCUT2D eigenvalue weighted by molar-refractivity contribution is 0.598. The molecule has 100 valence electrons. The molecule has 0 unspecified atom stereocenters. The van der Waals surface area contributed by atoms with Crippen molar-refractivity contribution in [3.8, 4) is 0 Å². The molecule has 0 saturated carbocycles. The van der Waals surface area contributed by atoms with Gasteiger partial charge in [-0.25, -0.2) is 13.6 Å². The fraction of sp³-hybridized carbons (Fsp3) is 0.143. The molecule has 0 aliphatic carbocycles. The van der Waals surface area contributed by atoms with Gasteiger partial charge in [0.2, 0.25) is 10.0 Å². The number of benzene rings is 2. The minimum absolute atomic E-state index is 0.140. The Morgan fingerprint density at radius 1 is 1.00 bits per heavy atom. The van der Waals surface area contributed by atoms with Gasteiger partial charge in [0.1, 0.15) is 4.90 Å². The van der Waals surface area contributed by atoms with E-state index in [2.05, 4.69) is 0 Å². The van der Waals surface area contributed by atoms with Gasteiger partial charge in [-0.3, -0.25) is 0 Å². The smallest absolute Gasteiger partial charge is 0.240 e. The summed E-state index contributed by atoms with van der Waals surface area (Å²) in [5.41, 5.74) is 1.53. The van der Waals surface area contributed by atoms with Crippen LogP contribution >= 0.6 is 0 Å². The first-order chi connectivity index (χ1) is 9.04. The van der Waals surface area contributed by atoms with Crippen LogP contribution in [0.25, 0.3) is 0 Å². The Hall–Kier alpha value is -1.85. The summed E-state index contributed by atoms with van der Waals surface area (Å²) in [5.74, 6) is 0. The predicted octanol–water partition coefficient (Wildman–Crippen LogP) is 2.49. The molecule has 2 aromatic carbocycles. The number of nitrogens with two attached hydrogens (primary N) is 1. The van der Waals surface area contributed by atoms with Crippen LogP contribution in [0, 0.1) is 0 Å². The van der Waals surface area contributed by atoms with Crippen molar-refractivity contribution in [2.24, 2.45) is 5.14 Å². The van der Waals surface area contributed by atoms with E-state index in [9.17, 15) is 8.42 Å². The van der Waals surface area contributed by atoms with Gasteiger partial charge in [0.25, 0.3) is 0 Å². The summed E-state index contributed by atoms with van der Waals surface area (Å²) in [7, 11) is -3.74. The van der Waals surface area contributed by atoms with Crippen LogP contribution in [-0.4, -0.2) is 15.0 Å². The Morgan fingerprint density at radius 2 is 1.58 bits per heavy atom. The number of para-hydroxylation sites is 2. The van der Waals surface area contributed by atoms with Crippen LogP contribution in [0.1, 0.15) is 6.92 Å². The topological polar surface area (TPSA) is 63.4 Å². The monoisotopic (exact) mass is 276 g/mol. The van der Waals surface area contributed by atoms with Crippen LogP contribution in [0.2, 0.25) is 0 Å². The molecule has 5 heteroatoms. The largest absolute Gasteiger partial charge is 0.341 e. The molecule has 2 N–H and O–H groups in total. The molecule has 0 aromatic heterocycles. The summed E-state index contributed by atoms with van der Waals surface area (Å²) in [4.78, 5) is 2.06. The molecule has 0 bridgehead atoms. The second kappa shape index (κ2) is 5.42. The molecule has 0 spiro atoms. The molecule has 0 aliphatic rings. The zero-order chi connectivity index (χ0) is 13.9. The first kappa shape index (κ1) is 13.6. The molecule has 0 amide bonds. The molecule has 2 rings (SSSR count). The SMILES string of the molecule is CCN(c1ccccc1)c1ccccc1S(N)(=O)=O. The molecule has 4 nitrogen and oxygen atoms in total. The van der Waals surface area contributed by atoms with Gasteiger partial charge >= 0.3 is 0 Å². The lowest BCUT2D eigenvalue weighted by Gasteiger charge is -2.25. The van der Waals surface area contributed by atoms with Gasteiger partial charge in [-0.15, -0.1) is 0 Å². The summed E-state index contributed by atoms with van der Waals surface area (Å²) in [5, 5.41) is 5.27. The Bertz CT molecular complexity index is 654. The van der Waals surface area contributed by atoms with Crippen molar-refractivity contribution in [3.63, 3.8) is 0 Å². The lowest BCUT2D eigenvalue weighted by Crippen LogP contribution is -2.21. The van der Waals surface area contributed by atoms with E-state index in [1.165, 1.54) is 6.07 Å². The average molecular weight is 276 g/mol. The Morgan fingerprint density at radius 3 is 2.16 bits per heavy atom. The van der Waals surface area contributed by atoms with Crippen molar-refractivity contribution >= 4 is 21.4 Å². The van der Waals surface area contributed by atoms with Gasteiger partial charge in [0.15, 0.2) is 0 Å². The van der Waals surface area contributed by atoms with Gasteiger partial charge < -0.3 is 4.90 Å². The summed E-state index contributed by atoms with van der Waals surface area (Å²) in [6.45, 7) is 2.61. The third kappa shape index (κ3) is 2.94. The number of nitrogens with zero attached hydrogens (tertiary/aromatic N) is 1. The van der Waals surface area contributed by atoms with Crippen LogP contribution in [0.5, 0.6) is 0 Å². The van der Waals surface area contributed by atoms with Crippen LogP contribution < -0.4 is 10.0 Å². The first-order valence-corrected chi connectivity index (χ1v) is 7.53. The van der Waals surface area contributed by atoms with Crippen molar-refractivity contribution < 1.29 is 8.42 Å². The first-order valence-electron chi connectivity index (χ1n) is 5.98. The zero-order valence-corrected chi connectivity index (χ0v) is 11.5. The molecular weight excluding hydrogens is 260 g/mol. The Kier molecular flexibility index (Phi) is 3.87. The molecule has 0 radical (unpaired) electrons. The standard InChI is InChI=1S/C14H16N2O2S/c1-2-16(12-8-4-3-5-9-12)13-10-6-7-11-14(13)19(15,17)18/h3-11H,2H2,1H3,(H2,15,17,18). The van der Waals surface area contributed by atoms with E-state index in [0.29, 0.717) is 12.2 Å². The maximum absolute atomic E-state index is 11.7. The third-order valence-corrected chi connectivity index (χ3v) is 3.80. The number of rotatable bonds is 4. The highest BCUT2D eigenvalue weighted by atomic mass is 32.2. The van der Waals surface area contributed by atoms with Crippen LogP contribution in [0.3, 0.4) is 0 Å². The summed E-state index contributed by atoms with van der Waals surface area (Å²) < 4.78 is 23.3. The van der Waals surface area contributed by atoms with E-state index in [1.807, 2.05) is 42.2 Å². The van der Waals surface area contributed by atoms with Crippen molar-refractivity contribution in [1.82, 2.24) is 0 Å². The summed E-state index contributed by atoms with van der Waals surface area (Å²) in [6.07, 6.45) is 0. The average Bonchev–Trinajstić information content (AvgIpc) is 2.40. The van der Waals surface area contributed by atoms with E-state index in [-0.39, 0.29) is 4.90 Å². The minimum Gasteiger partial charge on any atom is -0.341 e. The second-order valence-corrected chi connectivity index (χ2v) is 5.62. The highest BCUT2D eigenvalue weighted by molar-refractivity contribution is 7.89. The lowest BCUT2D eigenvalue weighted by atomic mass is 10.2. The highest BCUT2D eigenvalue weighted by Crippen LogP contribution is 2.30. The molecule has 2 aromatic rings. The van der Waals surface area contributed by atoms with E-state index < -0.39 is 10.0 Å². The van der Waals surface area contributed by atoms with E-state index in [4.69, 9.17) is 5.14 Å². The molecule has 0 heterocycles. The fourth-order valence-electron chi connectivity index (χ4n) is 2.02. The predicted molar refractivity (Wildman–Crippen MR) is 76.9 cm³/mol. The highest BCUT2D eigenvalue weighted by Gasteiger charge is 2.18. The molecule has 19 heavy (non-hydrogen) atoms. The van der Waals surface area contributed by atoms with E-state index in [1.54, 1.807) is 18.2 Å². The van der Waals surface area contributed by atoms with Gasteiger partial charge in [-0.1, -0.05) is 30.3 Å². The molecular formula is C14H16N2O2S.